The van der Waals surface area contributed by atoms with Crippen molar-refractivity contribution in [3.8, 4) is 0 Å². The third kappa shape index (κ3) is 3.18. The van der Waals surface area contributed by atoms with Crippen molar-refractivity contribution in [1.82, 2.24) is 0 Å². The molecule has 0 bridgehead atoms. The summed E-state index contributed by atoms with van der Waals surface area (Å²) in [7, 11) is 0. The number of Topliss-reactive ketones (excluding diaryl/α,β-unsaturated/α-hetero) is 1. The van der Waals surface area contributed by atoms with Crippen molar-refractivity contribution in [2.24, 2.45) is 5.92 Å². The Morgan fingerprint density at radius 3 is 2.87 bits per heavy atom. The molecule has 120 valence electrons. The van der Waals surface area contributed by atoms with Crippen LogP contribution in [0.25, 0.3) is 0 Å². The summed E-state index contributed by atoms with van der Waals surface area (Å²) in [5.74, 6) is -1.04. The molecule has 1 N–H and O–H groups in total. The number of allylic oxidation sites excluding steroid dienone is 2. The predicted octanol–water partition coefficient (Wildman–Crippen LogP) is 2.82. The van der Waals surface area contributed by atoms with Crippen LogP contribution in [0.5, 0.6) is 0 Å². The van der Waals surface area contributed by atoms with E-state index in [-0.39, 0.29) is 36.1 Å². The zero-order valence-electron chi connectivity index (χ0n) is 13.0. The predicted molar refractivity (Wildman–Crippen MR) is 85.3 cm³/mol. The molecule has 0 aromatic heterocycles. The van der Waals surface area contributed by atoms with Gasteiger partial charge < -0.3 is 10.1 Å². The second-order valence-corrected chi connectivity index (χ2v) is 6.03. The molecule has 2 atom stereocenters. The second kappa shape index (κ2) is 6.36. The molecule has 0 spiro atoms. The summed E-state index contributed by atoms with van der Waals surface area (Å²) >= 11 is 0. The van der Waals surface area contributed by atoms with E-state index in [4.69, 9.17) is 4.74 Å². The monoisotopic (exact) mass is 313 g/mol. The Kier molecular flexibility index (Phi) is 4.28. The van der Waals surface area contributed by atoms with Crippen LogP contribution in [0, 0.1) is 5.92 Å². The third-order valence-corrected chi connectivity index (χ3v) is 4.44. The van der Waals surface area contributed by atoms with Gasteiger partial charge >= 0.3 is 5.97 Å². The molecule has 1 aliphatic carbocycles. The number of benzene rings is 1. The van der Waals surface area contributed by atoms with Crippen LogP contribution in [0.15, 0.2) is 30.4 Å². The molecule has 0 saturated carbocycles. The fraction of sp³-hybridized carbons (Fsp3) is 0.389. The van der Waals surface area contributed by atoms with Crippen molar-refractivity contribution in [2.75, 3.05) is 11.9 Å². The Bertz CT molecular complexity index is 692. The standard InChI is InChI=1S/C18H19NO4/c1-11-14-9-13(7-8-15(14)19-17(11)21)16(20)10-23-18(22)12-5-3-2-4-6-12/h2-3,7-9,11-12H,4-6,10H2,1H3,(H,19,21)/t11-,12-/m1/s1. The van der Waals surface area contributed by atoms with Gasteiger partial charge in [0.2, 0.25) is 5.91 Å². The van der Waals surface area contributed by atoms with E-state index in [1.165, 1.54) is 0 Å². The molecule has 5 heteroatoms. The van der Waals surface area contributed by atoms with Gasteiger partial charge in [-0.05, 0) is 49.9 Å². The number of ether oxygens (including phenoxy) is 1. The first-order valence-electron chi connectivity index (χ1n) is 7.86. The average molecular weight is 313 g/mol. The molecule has 0 fully saturated rings. The van der Waals surface area contributed by atoms with Gasteiger partial charge in [-0.2, -0.15) is 0 Å². The molecule has 1 aromatic carbocycles. The van der Waals surface area contributed by atoms with Gasteiger partial charge in [0.25, 0.3) is 0 Å². The average Bonchev–Trinajstić information content (AvgIpc) is 2.87. The van der Waals surface area contributed by atoms with Crippen LogP contribution in [0.2, 0.25) is 0 Å². The molecule has 2 aliphatic rings. The Morgan fingerprint density at radius 1 is 1.30 bits per heavy atom. The first-order valence-corrected chi connectivity index (χ1v) is 7.86. The Morgan fingerprint density at radius 2 is 2.13 bits per heavy atom. The van der Waals surface area contributed by atoms with Gasteiger partial charge in [-0.25, -0.2) is 0 Å². The SMILES string of the molecule is C[C@H]1C(=O)Nc2ccc(C(=O)COC(=O)[C@@H]3CC=CCC3)cc21. The van der Waals surface area contributed by atoms with Crippen molar-refractivity contribution >= 4 is 23.3 Å². The summed E-state index contributed by atoms with van der Waals surface area (Å²) in [5, 5.41) is 2.76. The molecule has 0 unspecified atom stereocenters. The number of nitrogens with one attached hydrogen (secondary N) is 1. The summed E-state index contributed by atoms with van der Waals surface area (Å²) < 4.78 is 5.16. The van der Waals surface area contributed by atoms with E-state index in [0.717, 1.165) is 24.1 Å². The van der Waals surface area contributed by atoms with Crippen LogP contribution >= 0.6 is 0 Å². The Labute approximate surface area is 134 Å². The van der Waals surface area contributed by atoms with E-state index in [9.17, 15) is 14.4 Å². The minimum Gasteiger partial charge on any atom is -0.457 e. The maximum Gasteiger partial charge on any atom is 0.309 e. The summed E-state index contributed by atoms with van der Waals surface area (Å²) in [4.78, 5) is 35.8. The van der Waals surface area contributed by atoms with E-state index >= 15 is 0 Å². The zero-order valence-corrected chi connectivity index (χ0v) is 13.0. The van der Waals surface area contributed by atoms with Gasteiger partial charge in [0, 0.05) is 11.3 Å². The molecule has 1 heterocycles. The van der Waals surface area contributed by atoms with Gasteiger partial charge in [-0.15, -0.1) is 0 Å². The largest absolute Gasteiger partial charge is 0.457 e. The van der Waals surface area contributed by atoms with Gasteiger partial charge in [-0.1, -0.05) is 12.2 Å². The normalized spacial score (nSPS) is 22.4. The molecule has 0 saturated heterocycles. The highest BCUT2D eigenvalue weighted by Gasteiger charge is 2.27. The third-order valence-electron chi connectivity index (χ3n) is 4.44. The second-order valence-electron chi connectivity index (χ2n) is 6.03. The van der Waals surface area contributed by atoms with Crippen molar-refractivity contribution in [3.05, 3.63) is 41.5 Å². The molecule has 5 nitrogen and oxygen atoms in total. The van der Waals surface area contributed by atoms with Crippen molar-refractivity contribution in [2.45, 2.75) is 32.1 Å². The number of anilines is 1. The zero-order chi connectivity index (χ0) is 16.4. The quantitative estimate of drug-likeness (QED) is 0.527. The summed E-state index contributed by atoms with van der Waals surface area (Å²) in [5.41, 5.74) is 2.01. The lowest BCUT2D eigenvalue weighted by Gasteiger charge is -2.16. The van der Waals surface area contributed by atoms with Crippen molar-refractivity contribution in [3.63, 3.8) is 0 Å². The van der Waals surface area contributed by atoms with Crippen LogP contribution < -0.4 is 5.32 Å². The molecule has 1 amide bonds. The van der Waals surface area contributed by atoms with Gasteiger partial charge in [0.15, 0.2) is 12.4 Å². The van der Waals surface area contributed by atoms with E-state index in [2.05, 4.69) is 11.4 Å². The molecule has 1 aromatic rings. The fourth-order valence-electron chi connectivity index (χ4n) is 2.94. The molecular formula is C18H19NO4. The van der Waals surface area contributed by atoms with E-state index in [0.29, 0.717) is 12.0 Å². The van der Waals surface area contributed by atoms with Crippen LogP contribution in [0.3, 0.4) is 0 Å². The van der Waals surface area contributed by atoms with Gasteiger partial charge in [0.05, 0.1) is 11.8 Å². The van der Waals surface area contributed by atoms with Crippen LogP contribution in [-0.2, 0) is 14.3 Å². The number of rotatable bonds is 4. The van der Waals surface area contributed by atoms with E-state index in [1.807, 2.05) is 6.08 Å². The number of ketones is 1. The smallest absolute Gasteiger partial charge is 0.309 e. The molecule has 3 rings (SSSR count). The minimum absolute atomic E-state index is 0.0682. The molecule has 1 aliphatic heterocycles. The minimum atomic E-state index is -0.311. The first-order chi connectivity index (χ1) is 11.1. The van der Waals surface area contributed by atoms with E-state index in [1.54, 1.807) is 25.1 Å². The van der Waals surface area contributed by atoms with E-state index < -0.39 is 0 Å². The van der Waals surface area contributed by atoms with Crippen LogP contribution in [-0.4, -0.2) is 24.3 Å². The van der Waals surface area contributed by atoms with Crippen LogP contribution in [0.4, 0.5) is 5.69 Å². The number of esters is 1. The highest BCUT2D eigenvalue weighted by Crippen LogP contribution is 2.32. The maximum atomic E-state index is 12.2. The first kappa shape index (κ1) is 15.5. The highest BCUT2D eigenvalue weighted by atomic mass is 16.5. The Balaban J connectivity index is 1.62. The summed E-state index contributed by atoms with van der Waals surface area (Å²) in [6, 6.07) is 5.08. The number of fused-ring (bicyclic) bond motifs is 1. The number of hydrogen-bond donors (Lipinski definition) is 1. The lowest BCUT2D eigenvalue weighted by Crippen LogP contribution is -2.22. The maximum absolute atomic E-state index is 12.2. The number of carbonyl (C=O) groups excluding carboxylic acids is 3. The van der Waals surface area contributed by atoms with Gasteiger partial charge in [-0.3, -0.25) is 14.4 Å². The Hall–Kier alpha value is -2.43. The topological polar surface area (TPSA) is 72.5 Å². The lowest BCUT2D eigenvalue weighted by atomic mass is 9.95. The molecular weight excluding hydrogens is 294 g/mol. The number of hydrogen-bond acceptors (Lipinski definition) is 4. The number of carbonyl (C=O) groups is 3. The van der Waals surface area contributed by atoms with Crippen LogP contribution in [0.1, 0.15) is 48.0 Å². The summed E-state index contributed by atoms with van der Waals surface area (Å²) in [6.07, 6.45) is 6.35. The van der Waals surface area contributed by atoms with Gasteiger partial charge in [0.1, 0.15) is 0 Å². The lowest BCUT2D eigenvalue weighted by molar-refractivity contribution is -0.147. The fourth-order valence-corrected chi connectivity index (χ4v) is 2.94. The van der Waals surface area contributed by atoms with Crippen molar-refractivity contribution in [1.29, 1.82) is 0 Å². The molecule has 0 radical (unpaired) electrons. The summed E-state index contributed by atoms with van der Waals surface area (Å²) in [6.45, 7) is 1.54. The number of amides is 1. The van der Waals surface area contributed by atoms with Crippen molar-refractivity contribution < 1.29 is 19.1 Å². The molecule has 23 heavy (non-hydrogen) atoms. The highest BCUT2D eigenvalue weighted by molar-refractivity contribution is 6.05.